The van der Waals surface area contributed by atoms with Gasteiger partial charge in [-0.2, -0.15) is 0 Å². The lowest BCUT2D eigenvalue weighted by molar-refractivity contribution is 0.336. The third-order valence-electron chi connectivity index (χ3n) is 2.50. The smallest absolute Gasteiger partial charge is 0.0812 e. The van der Waals surface area contributed by atoms with Crippen LogP contribution in [0.1, 0.15) is 12.8 Å². The van der Waals surface area contributed by atoms with Gasteiger partial charge in [0, 0.05) is 25.0 Å². The maximum Gasteiger partial charge on any atom is 0.0812 e. The van der Waals surface area contributed by atoms with Crippen LogP contribution in [-0.2, 0) is 0 Å². The quantitative estimate of drug-likeness (QED) is 0.674. The standard InChI is InChI=1S/C11H15N3/c1-14-7-4-10(5-8-14)13-11-3-2-6-12-9-11/h2-3,6,9H,4-5,7-8H2,1H3. The van der Waals surface area contributed by atoms with Gasteiger partial charge in [0.15, 0.2) is 0 Å². The highest BCUT2D eigenvalue weighted by atomic mass is 15.1. The molecule has 0 bridgehead atoms. The molecule has 0 N–H and O–H groups in total. The SMILES string of the molecule is CN1CCC(=Nc2cccnc2)CC1. The van der Waals surface area contributed by atoms with Gasteiger partial charge in [-0.15, -0.1) is 0 Å². The summed E-state index contributed by atoms with van der Waals surface area (Å²) in [5.74, 6) is 0. The lowest BCUT2D eigenvalue weighted by Gasteiger charge is -2.22. The second kappa shape index (κ2) is 4.33. The molecule has 0 aliphatic carbocycles. The average molecular weight is 189 g/mol. The summed E-state index contributed by atoms with van der Waals surface area (Å²) < 4.78 is 0. The lowest BCUT2D eigenvalue weighted by atomic mass is 10.1. The van der Waals surface area contributed by atoms with Crippen molar-refractivity contribution in [3.8, 4) is 0 Å². The topological polar surface area (TPSA) is 28.5 Å². The second-order valence-electron chi connectivity index (χ2n) is 3.69. The molecule has 1 aliphatic rings. The first-order valence-corrected chi connectivity index (χ1v) is 4.99. The average Bonchev–Trinajstić information content (AvgIpc) is 2.23. The maximum absolute atomic E-state index is 4.58. The molecule has 1 saturated heterocycles. The van der Waals surface area contributed by atoms with Crippen molar-refractivity contribution in [3.63, 3.8) is 0 Å². The molecule has 0 atom stereocenters. The van der Waals surface area contributed by atoms with E-state index in [1.807, 2.05) is 18.3 Å². The van der Waals surface area contributed by atoms with Crippen LogP contribution in [0.25, 0.3) is 0 Å². The van der Waals surface area contributed by atoms with Crippen LogP contribution in [0.3, 0.4) is 0 Å². The van der Waals surface area contributed by atoms with Crippen LogP contribution in [0.15, 0.2) is 29.5 Å². The fourth-order valence-electron chi connectivity index (χ4n) is 1.59. The number of piperidine rings is 1. The third kappa shape index (κ3) is 2.39. The first kappa shape index (κ1) is 9.34. The number of pyridine rings is 1. The largest absolute Gasteiger partial charge is 0.306 e. The summed E-state index contributed by atoms with van der Waals surface area (Å²) in [6, 6.07) is 3.92. The van der Waals surface area contributed by atoms with E-state index in [0.717, 1.165) is 31.6 Å². The van der Waals surface area contributed by atoms with E-state index in [0.29, 0.717) is 0 Å². The number of aromatic nitrogens is 1. The van der Waals surface area contributed by atoms with Crippen molar-refractivity contribution in [2.24, 2.45) is 4.99 Å². The van der Waals surface area contributed by atoms with Gasteiger partial charge < -0.3 is 4.90 Å². The molecule has 14 heavy (non-hydrogen) atoms. The molecule has 1 fully saturated rings. The molecule has 2 heterocycles. The normalized spacial score (nSPS) is 18.2. The summed E-state index contributed by atoms with van der Waals surface area (Å²) in [6.07, 6.45) is 5.76. The number of hydrogen-bond donors (Lipinski definition) is 0. The van der Waals surface area contributed by atoms with Crippen molar-refractivity contribution in [1.29, 1.82) is 0 Å². The molecule has 1 aliphatic heterocycles. The molecule has 1 aromatic heterocycles. The van der Waals surface area contributed by atoms with Crippen LogP contribution in [-0.4, -0.2) is 35.7 Å². The summed E-state index contributed by atoms with van der Waals surface area (Å²) in [5, 5.41) is 0. The molecule has 3 heteroatoms. The Hall–Kier alpha value is -1.22. The van der Waals surface area contributed by atoms with Crippen molar-refractivity contribution in [1.82, 2.24) is 9.88 Å². The highest BCUT2D eigenvalue weighted by Gasteiger charge is 2.10. The molecule has 0 radical (unpaired) electrons. The van der Waals surface area contributed by atoms with E-state index < -0.39 is 0 Å². The number of likely N-dealkylation sites (tertiary alicyclic amines) is 1. The highest BCUT2D eigenvalue weighted by molar-refractivity contribution is 5.87. The molecule has 1 aromatic rings. The van der Waals surface area contributed by atoms with Gasteiger partial charge in [-0.25, -0.2) is 0 Å². The monoisotopic (exact) mass is 189 g/mol. The van der Waals surface area contributed by atoms with Crippen LogP contribution >= 0.6 is 0 Å². The fraction of sp³-hybridized carbons (Fsp3) is 0.455. The van der Waals surface area contributed by atoms with Crippen LogP contribution in [0, 0.1) is 0 Å². The Bertz CT molecular complexity index is 309. The van der Waals surface area contributed by atoms with E-state index in [-0.39, 0.29) is 0 Å². The van der Waals surface area contributed by atoms with Gasteiger partial charge in [-0.1, -0.05) is 0 Å². The van der Waals surface area contributed by atoms with Gasteiger partial charge in [-0.3, -0.25) is 9.98 Å². The zero-order valence-corrected chi connectivity index (χ0v) is 8.48. The van der Waals surface area contributed by atoms with Crippen LogP contribution < -0.4 is 0 Å². The molecule has 0 saturated carbocycles. The number of aliphatic imine (C=N–C) groups is 1. The summed E-state index contributed by atoms with van der Waals surface area (Å²) in [5.41, 5.74) is 2.28. The molecular weight excluding hydrogens is 174 g/mol. The van der Waals surface area contributed by atoms with Gasteiger partial charge in [0.05, 0.1) is 11.9 Å². The Labute approximate surface area is 84.5 Å². The Morgan fingerprint density at radius 2 is 2.14 bits per heavy atom. The van der Waals surface area contributed by atoms with Crippen LogP contribution in [0.2, 0.25) is 0 Å². The predicted molar refractivity (Wildman–Crippen MR) is 58.1 cm³/mol. The van der Waals surface area contributed by atoms with E-state index >= 15 is 0 Å². The van der Waals surface area contributed by atoms with Gasteiger partial charge in [0.25, 0.3) is 0 Å². The number of rotatable bonds is 1. The summed E-state index contributed by atoms with van der Waals surface area (Å²) in [4.78, 5) is 11.0. The molecule has 74 valence electrons. The van der Waals surface area contributed by atoms with Crippen molar-refractivity contribution in [2.75, 3.05) is 20.1 Å². The minimum absolute atomic E-state index is 0.979. The van der Waals surface area contributed by atoms with Crippen molar-refractivity contribution in [2.45, 2.75) is 12.8 Å². The number of hydrogen-bond acceptors (Lipinski definition) is 3. The molecule has 3 nitrogen and oxygen atoms in total. The van der Waals surface area contributed by atoms with E-state index in [1.165, 1.54) is 5.71 Å². The van der Waals surface area contributed by atoms with E-state index in [4.69, 9.17) is 0 Å². The summed E-state index contributed by atoms with van der Waals surface area (Å²) >= 11 is 0. The van der Waals surface area contributed by atoms with Crippen molar-refractivity contribution >= 4 is 11.4 Å². The Kier molecular flexibility index (Phi) is 2.89. The third-order valence-corrected chi connectivity index (χ3v) is 2.50. The minimum atomic E-state index is 0.979. The molecule has 0 amide bonds. The maximum atomic E-state index is 4.58. The van der Waals surface area contributed by atoms with E-state index in [1.54, 1.807) is 6.20 Å². The van der Waals surface area contributed by atoms with E-state index in [9.17, 15) is 0 Å². The summed E-state index contributed by atoms with van der Waals surface area (Å²) in [6.45, 7) is 2.25. The zero-order valence-electron chi connectivity index (χ0n) is 8.48. The Morgan fingerprint density at radius 3 is 2.79 bits per heavy atom. The molecule has 0 aromatic carbocycles. The Morgan fingerprint density at radius 1 is 1.36 bits per heavy atom. The first-order chi connectivity index (χ1) is 6.84. The van der Waals surface area contributed by atoms with Gasteiger partial charge in [0.2, 0.25) is 0 Å². The zero-order chi connectivity index (χ0) is 9.80. The molecule has 0 spiro atoms. The second-order valence-corrected chi connectivity index (χ2v) is 3.69. The molecule has 0 unspecified atom stereocenters. The molecular formula is C11H15N3. The predicted octanol–water partition coefficient (Wildman–Crippen LogP) is 1.88. The first-order valence-electron chi connectivity index (χ1n) is 4.99. The number of nitrogens with zero attached hydrogens (tertiary/aromatic N) is 3. The summed E-state index contributed by atoms with van der Waals surface area (Å²) in [7, 11) is 2.15. The van der Waals surface area contributed by atoms with Gasteiger partial charge >= 0.3 is 0 Å². The van der Waals surface area contributed by atoms with Crippen molar-refractivity contribution < 1.29 is 0 Å². The highest BCUT2D eigenvalue weighted by Crippen LogP contribution is 2.13. The van der Waals surface area contributed by atoms with E-state index in [2.05, 4.69) is 21.9 Å². The Balaban J connectivity index is 2.05. The van der Waals surface area contributed by atoms with Crippen LogP contribution in [0.5, 0.6) is 0 Å². The molecule has 2 rings (SSSR count). The lowest BCUT2D eigenvalue weighted by Crippen LogP contribution is -2.30. The van der Waals surface area contributed by atoms with Gasteiger partial charge in [0.1, 0.15) is 0 Å². The minimum Gasteiger partial charge on any atom is -0.306 e. The fourth-order valence-corrected chi connectivity index (χ4v) is 1.59. The van der Waals surface area contributed by atoms with Crippen LogP contribution in [0.4, 0.5) is 5.69 Å². The van der Waals surface area contributed by atoms with Gasteiger partial charge in [-0.05, 0) is 32.0 Å². The van der Waals surface area contributed by atoms with Crippen molar-refractivity contribution in [3.05, 3.63) is 24.5 Å².